The van der Waals surface area contributed by atoms with E-state index < -0.39 is 0 Å². The maximum Gasteiger partial charge on any atom is 0.336 e. The van der Waals surface area contributed by atoms with Gasteiger partial charge < -0.3 is 14.6 Å². The van der Waals surface area contributed by atoms with Crippen molar-refractivity contribution in [3.05, 3.63) is 45.3 Å². The summed E-state index contributed by atoms with van der Waals surface area (Å²) in [5.74, 6) is 0.292. The summed E-state index contributed by atoms with van der Waals surface area (Å²) in [7, 11) is 0. The maximum absolute atomic E-state index is 12.0. The average Bonchev–Trinajstić information content (AvgIpc) is 2.80. The van der Waals surface area contributed by atoms with Crippen LogP contribution in [-0.4, -0.2) is 30.4 Å². The van der Waals surface area contributed by atoms with Crippen LogP contribution < -0.4 is 10.9 Å². The van der Waals surface area contributed by atoms with Crippen LogP contribution in [0.3, 0.4) is 0 Å². The molecule has 1 N–H and O–H groups in total. The SMILES string of the molecule is Cc1cc2oc(=O)cc(CNCCCN3CCCCCC3=O)c2cc1C. The Hall–Kier alpha value is -2.14. The van der Waals surface area contributed by atoms with E-state index in [0.29, 0.717) is 24.5 Å². The first kappa shape index (κ1) is 18.6. The molecule has 0 radical (unpaired) electrons. The smallest absolute Gasteiger partial charge is 0.336 e. The largest absolute Gasteiger partial charge is 0.423 e. The predicted octanol–water partition coefficient (Wildman–Crippen LogP) is 3.29. The molecule has 0 saturated carbocycles. The number of fused-ring (bicyclic) bond motifs is 1. The fourth-order valence-electron chi connectivity index (χ4n) is 3.52. The Bertz CT molecular complexity index is 841. The normalized spacial score (nSPS) is 15.5. The number of aryl methyl sites for hydroxylation is 2. The molecule has 0 bridgehead atoms. The van der Waals surface area contributed by atoms with Crippen molar-refractivity contribution >= 4 is 16.9 Å². The molecule has 0 spiro atoms. The Morgan fingerprint density at radius 1 is 1.08 bits per heavy atom. The van der Waals surface area contributed by atoms with E-state index >= 15 is 0 Å². The van der Waals surface area contributed by atoms with Crippen LogP contribution in [-0.2, 0) is 11.3 Å². The molecular weight excluding hydrogens is 328 g/mol. The van der Waals surface area contributed by atoms with Crippen LogP contribution in [0.15, 0.2) is 27.4 Å². The molecule has 1 aromatic heterocycles. The van der Waals surface area contributed by atoms with Crippen LogP contribution in [0.1, 0.15) is 48.8 Å². The van der Waals surface area contributed by atoms with Gasteiger partial charge in [-0.1, -0.05) is 6.42 Å². The molecule has 3 rings (SSSR count). The van der Waals surface area contributed by atoms with Crippen molar-refractivity contribution in [3.8, 4) is 0 Å². The minimum atomic E-state index is -0.312. The average molecular weight is 356 g/mol. The molecule has 5 heteroatoms. The zero-order chi connectivity index (χ0) is 18.5. The van der Waals surface area contributed by atoms with Crippen LogP contribution in [0.25, 0.3) is 11.0 Å². The van der Waals surface area contributed by atoms with Crippen molar-refractivity contribution in [2.45, 2.75) is 52.5 Å². The molecule has 5 nitrogen and oxygen atoms in total. The second kappa shape index (κ2) is 8.49. The third-order valence-electron chi connectivity index (χ3n) is 5.21. The van der Waals surface area contributed by atoms with E-state index in [2.05, 4.69) is 18.3 Å². The summed E-state index contributed by atoms with van der Waals surface area (Å²) in [6.45, 7) is 7.22. The van der Waals surface area contributed by atoms with Gasteiger partial charge in [-0.3, -0.25) is 4.79 Å². The number of rotatable bonds is 6. The molecule has 0 atom stereocenters. The second-order valence-electron chi connectivity index (χ2n) is 7.25. The maximum atomic E-state index is 12.0. The fourth-order valence-corrected chi connectivity index (χ4v) is 3.52. The van der Waals surface area contributed by atoms with Gasteiger partial charge in [-0.2, -0.15) is 0 Å². The van der Waals surface area contributed by atoms with Crippen LogP contribution in [0, 0.1) is 13.8 Å². The van der Waals surface area contributed by atoms with Gasteiger partial charge in [0.1, 0.15) is 5.58 Å². The third-order valence-corrected chi connectivity index (χ3v) is 5.21. The highest BCUT2D eigenvalue weighted by Gasteiger charge is 2.15. The third kappa shape index (κ3) is 4.52. The van der Waals surface area contributed by atoms with E-state index in [0.717, 1.165) is 61.8 Å². The lowest BCUT2D eigenvalue weighted by Gasteiger charge is -2.20. The molecule has 140 valence electrons. The molecule has 2 aromatic rings. The summed E-state index contributed by atoms with van der Waals surface area (Å²) in [6.07, 6.45) is 4.91. The molecular formula is C21H28N2O3. The van der Waals surface area contributed by atoms with Crippen molar-refractivity contribution < 1.29 is 9.21 Å². The first-order chi connectivity index (χ1) is 12.5. The van der Waals surface area contributed by atoms with E-state index in [1.54, 1.807) is 6.07 Å². The van der Waals surface area contributed by atoms with Crippen LogP contribution in [0.2, 0.25) is 0 Å². The highest BCUT2D eigenvalue weighted by molar-refractivity contribution is 5.81. The van der Waals surface area contributed by atoms with Crippen LogP contribution in [0.4, 0.5) is 0 Å². The standard InChI is InChI=1S/C21H28N2O3/c1-15-11-18-17(13-21(25)26-19(18)12-16(15)2)14-22-8-6-10-23-9-5-3-4-7-20(23)24/h11-13,22H,3-10,14H2,1-2H3. The quantitative estimate of drug-likeness (QED) is 0.637. The van der Waals surface area contributed by atoms with Gasteiger partial charge >= 0.3 is 5.63 Å². The Morgan fingerprint density at radius 2 is 1.88 bits per heavy atom. The minimum Gasteiger partial charge on any atom is -0.423 e. The van der Waals surface area contributed by atoms with Crippen molar-refractivity contribution in [2.75, 3.05) is 19.6 Å². The Labute approximate surface area is 154 Å². The number of carbonyl (C=O) groups excluding carboxylic acids is 1. The second-order valence-corrected chi connectivity index (χ2v) is 7.25. The van der Waals surface area contributed by atoms with E-state index in [9.17, 15) is 9.59 Å². The van der Waals surface area contributed by atoms with Gasteiger partial charge in [0.05, 0.1) is 0 Å². The van der Waals surface area contributed by atoms with Gasteiger partial charge in [-0.25, -0.2) is 4.79 Å². The van der Waals surface area contributed by atoms with Gasteiger partial charge in [0.2, 0.25) is 5.91 Å². The summed E-state index contributed by atoms with van der Waals surface area (Å²) >= 11 is 0. The van der Waals surface area contributed by atoms with E-state index in [1.807, 2.05) is 17.9 Å². The summed E-state index contributed by atoms with van der Waals surface area (Å²) in [5.41, 5.74) is 3.60. The van der Waals surface area contributed by atoms with Crippen molar-refractivity contribution in [2.24, 2.45) is 0 Å². The number of nitrogens with one attached hydrogen (secondary N) is 1. The monoisotopic (exact) mass is 356 g/mol. The highest BCUT2D eigenvalue weighted by Crippen LogP contribution is 2.21. The number of amides is 1. The minimum absolute atomic E-state index is 0.292. The lowest BCUT2D eigenvalue weighted by molar-refractivity contribution is -0.130. The van der Waals surface area contributed by atoms with Gasteiger partial charge in [0, 0.05) is 37.5 Å². The van der Waals surface area contributed by atoms with Gasteiger partial charge in [0.25, 0.3) is 0 Å². The van der Waals surface area contributed by atoms with Gasteiger partial charge in [0.15, 0.2) is 0 Å². The molecule has 1 saturated heterocycles. The first-order valence-corrected chi connectivity index (χ1v) is 9.57. The molecule has 1 aliphatic heterocycles. The molecule has 1 aliphatic rings. The highest BCUT2D eigenvalue weighted by atomic mass is 16.4. The topological polar surface area (TPSA) is 62.6 Å². The van der Waals surface area contributed by atoms with E-state index in [-0.39, 0.29) is 5.63 Å². The molecule has 1 aromatic carbocycles. The molecule has 2 heterocycles. The van der Waals surface area contributed by atoms with Crippen molar-refractivity contribution in [1.82, 2.24) is 10.2 Å². The number of benzene rings is 1. The van der Waals surface area contributed by atoms with Crippen LogP contribution >= 0.6 is 0 Å². The summed E-state index contributed by atoms with van der Waals surface area (Å²) in [6, 6.07) is 5.59. The molecule has 26 heavy (non-hydrogen) atoms. The number of carbonyl (C=O) groups is 1. The lowest BCUT2D eigenvalue weighted by atomic mass is 10.0. The lowest BCUT2D eigenvalue weighted by Crippen LogP contribution is -2.32. The molecule has 0 aliphatic carbocycles. The summed E-state index contributed by atoms with van der Waals surface area (Å²) in [4.78, 5) is 25.8. The number of hydrogen-bond donors (Lipinski definition) is 1. The number of likely N-dealkylation sites (tertiary alicyclic amines) is 1. The van der Waals surface area contributed by atoms with Crippen molar-refractivity contribution in [3.63, 3.8) is 0 Å². The summed E-state index contributed by atoms with van der Waals surface area (Å²) < 4.78 is 5.34. The molecule has 1 amide bonds. The van der Waals surface area contributed by atoms with E-state index in [4.69, 9.17) is 4.42 Å². The zero-order valence-electron chi connectivity index (χ0n) is 15.8. The Kier molecular flexibility index (Phi) is 6.09. The predicted molar refractivity (Wildman–Crippen MR) is 103 cm³/mol. The van der Waals surface area contributed by atoms with E-state index in [1.165, 1.54) is 5.56 Å². The van der Waals surface area contributed by atoms with Gasteiger partial charge in [-0.15, -0.1) is 0 Å². The van der Waals surface area contributed by atoms with Crippen LogP contribution in [0.5, 0.6) is 0 Å². The fraction of sp³-hybridized carbons (Fsp3) is 0.524. The molecule has 1 fully saturated rings. The molecule has 0 unspecified atom stereocenters. The van der Waals surface area contributed by atoms with Gasteiger partial charge in [-0.05, 0) is 68.5 Å². The Morgan fingerprint density at radius 3 is 2.73 bits per heavy atom. The number of nitrogens with zero attached hydrogens (tertiary/aromatic N) is 1. The summed E-state index contributed by atoms with van der Waals surface area (Å²) in [5, 5.41) is 4.40. The van der Waals surface area contributed by atoms with Crippen molar-refractivity contribution in [1.29, 1.82) is 0 Å². The number of hydrogen-bond acceptors (Lipinski definition) is 4. The Balaban J connectivity index is 1.57. The first-order valence-electron chi connectivity index (χ1n) is 9.57. The zero-order valence-corrected chi connectivity index (χ0v) is 15.8.